The van der Waals surface area contributed by atoms with Gasteiger partial charge in [-0.25, -0.2) is 4.79 Å². The van der Waals surface area contributed by atoms with Gasteiger partial charge in [0.2, 0.25) is 0 Å². The second kappa shape index (κ2) is 7.36. The summed E-state index contributed by atoms with van der Waals surface area (Å²) in [5, 5.41) is 11.8. The van der Waals surface area contributed by atoms with E-state index in [1.165, 1.54) is 0 Å². The normalized spacial score (nSPS) is 20.6. The Morgan fingerprint density at radius 2 is 2.11 bits per heavy atom. The number of nitrogens with zero attached hydrogens (tertiary/aromatic N) is 1. The van der Waals surface area contributed by atoms with Crippen LogP contribution in [0.15, 0.2) is 0 Å². The van der Waals surface area contributed by atoms with Gasteiger partial charge in [-0.15, -0.1) is 0 Å². The van der Waals surface area contributed by atoms with Crippen molar-refractivity contribution in [3.8, 4) is 0 Å². The maximum absolute atomic E-state index is 11.9. The van der Waals surface area contributed by atoms with Gasteiger partial charge in [0.1, 0.15) is 0 Å². The van der Waals surface area contributed by atoms with Crippen molar-refractivity contribution in [2.45, 2.75) is 40.0 Å². The van der Waals surface area contributed by atoms with Crippen LogP contribution in [0, 0.1) is 17.8 Å². The summed E-state index contributed by atoms with van der Waals surface area (Å²) in [6, 6.07) is -0.0523. The minimum absolute atomic E-state index is 0.0153. The van der Waals surface area contributed by atoms with Gasteiger partial charge in [-0.3, -0.25) is 4.79 Å². The quantitative estimate of drug-likeness (QED) is 0.777. The summed E-state index contributed by atoms with van der Waals surface area (Å²) >= 11 is 0. The molecule has 0 aliphatic carbocycles. The number of rotatable bonds is 6. The van der Waals surface area contributed by atoms with Gasteiger partial charge in [-0.05, 0) is 30.6 Å². The Kier molecular flexibility index (Phi) is 6.12. The molecule has 1 heterocycles. The standard InChI is InChI=1S/C14H26N2O3/c1-10(2)6-12(7-13(17)18)8-15-14(19)16-5-4-11(3)9-16/h10-12H,4-9H2,1-3H3,(H,15,19)(H,17,18). The molecule has 110 valence electrons. The average Bonchev–Trinajstić information content (AvgIpc) is 2.71. The SMILES string of the molecule is CC(C)CC(CNC(=O)N1CCC(C)C1)CC(=O)O. The molecule has 19 heavy (non-hydrogen) atoms. The first kappa shape index (κ1) is 15.8. The Balaban J connectivity index is 2.37. The van der Waals surface area contributed by atoms with Crippen molar-refractivity contribution in [3.63, 3.8) is 0 Å². The van der Waals surface area contributed by atoms with E-state index < -0.39 is 5.97 Å². The molecule has 2 unspecified atom stereocenters. The molecule has 2 atom stereocenters. The Bertz CT molecular complexity index is 318. The number of urea groups is 1. The number of hydrogen-bond acceptors (Lipinski definition) is 2. The zero-order valence-electron chi connectivity index (χ0n) is 12.2. The van der Waals surface area contributed by atoms with E-state index in [0.29, 0.717) is 18.4 Å². The molecule has 2 amide bonds. The maximum Gasteiger partial charge on any atom is 0.317 e. The van der Waals surface area contributed by atoms with Gasteiger partial charge in [-0.2, -0.15) is 0 Å². The van der Waals surface area contributed by atoms with Crippen molar-refractivity contribution in [1.82, 2.24) is 10.2 Å². The summed E-state index contributed by atoms with van der Waals surface area (Å²) in [7, 11) is 0. The van der Waals surface area contributed by atoms with Crippen LogP contribution in [0.4, 0.5) is 4.79 Å². The van der Waals surface area contributed by atoms with Crippen molar-refractivity contribution in [1.29, 1.82) is 0 Å². The molecule has 0 aromatic rings. The molecule has 0 aromatic heterocycles. The molecule has 1 aliphatic heterocycles. The molecule has 1 aliphatic rings. The second-order valence-electron chi connectivity index (χ2n) is 6.12. The van der Waals surface area contributed by atoms with Crippen LogP contribution in [0.25, 0.3) is 0 Å². The van der Waals surface area contributed by atoms with Gasteiger partial charge in [0.25, 0.3) is 0 Å². The number of aliphatic carboxylic acids is 1. The number of nitrogens with one attached hydrogen (secondary N) is 1. The van der Waals surface area contributed by atoms with Crippen molar-refractivity contribution in [3.05, 3.63) is 0 Å². The highest BCUT2D eigenvalue weighted by Crippen LogP contribution is 2.17. The molecular formula is C14H26N2O3. The van der Waals surface area contributed by atoms with Gasteiger partial charge in [0.05, 0.1) is 0 Å². The molecule has 1 rings (SSSR count). The van der Waals surface area contributed by atoms with Gasteiger partial charge in [0, 0.05) is 26.1 Å². The van der Waals surface area contributed by atoms with Crippen molar-refractivity contribution >= 4 is 12.0 Å². The highest BCUT2D eigenvalue weighted by molar-refractivity contribution is 5.74. The Hall–Kier alpha value is -1.26. The largest absolute Gasteiger partial charge is 0.481 e. The Morgan fingerprint density at radius 1 is 1.42 bits per heavy atom. The predicted molar refractivity (Wildman–Crippen MR) is 74.0 cm³/mol. The number of carboxylic acid groups (broad SMARTS) is 1. The molecule has 0 bridgehead atoms. The van der Waals surface area contributed by atoms with Crippen LogP contribution >= 0.6 is 0 Å². The van der Waals surface area contributed by atoms with Gasteiger partial charge in [0.15, 0.2) is 0 Å². The fraction of sp³-hybridized carbons (Fsp3) is 0.857. The van der Waals surface area contributed by atoms with Gasteiger partial charge >= 0.3 is 12.0 Å². The van der Waals surface area contributed by atoms with Crippen LogP contribution in [0.1, 0.15) is 40.0 Å². The van der Waals surface area contributed by atoms with Crippen molar-refractivity contribution < 1.29 is 14.7 Å². The monoisotopic (exact) mass is 270 g/mol. The van der Waals surface area contributed by atoms with Crippen molar-refractivity contribution in [2.24, 2.45) is 17.8 Å². The summed E-state index contributed by atoms with van der Waals surface area (Å²) in [5.74, 6) is 0.223. The highest BCUT2D eigenvalue weighted by Gasteiger charge is 2.24. The third-order valence-electron chi connectivity index (χ3n) is 3.52. The number of carbonyl (C=O) groups excluding carboxylic acids is 1. The second-order valence-corrected chi connectivity index (χ2v) is 6.12. The fourth-order valence-corrected chi connectivity index (χ4v) is 2.62. The smallest absolute Gasteiger partial charge is 0.317 e. The topological polar surface area (TPSA) is 69.6 Å². The lowest BCUT2D eigenvalue weighted by molar-refractivity contribution is -0.138. The van der Waals surface area contributed by atoms with E-state index in [1.54, 1.807) is 0 Å². The minimum Gasteiger partial charge on any atom is -0.481 e. The maximum atomic E-state index is 11.9. The first-order valence-electron chi connectivity index (χ1n) is 7.13. The van der Waals surface area contributed by atoms with Crippen LogP contribution in [0.2, 0.25) is 0 Å². The first-order chi connectivity index (χ1) is 8.88. The van der Waals surface area contributed by atoms with Crippen LogP contribution in [0.3, 0.4) is 0 Å². The van der Waals surface area contributed by atoms with E-state index in [1.807, 2.05) is 4.90 Å². The molecule has 1 fully saturated rings. The molecule has 0 saturated carbocycles. The van der Waals surface area contributed by atoms with E-state index in [-0.39, 0.29) is 18.4 Å². The average molecular weight is 270 g/mol. The lowest BCUT2D eigenvalue weighted by Gasteiger charge is -2.21. The van der Waals surface area contributed by atoms with E-state index in [9.17, 15) is 9.59 Å². The third-order valence-corrected chi connectivity index (χ3v) is 3.52. The van der Waals surface area contributed by atoms with Crippen LogP contribution in [-0.2, 0) is 4.79 Å². The number of likely N-dealkylation sites (tertiary alicyclic amines) is 1. The lowest BCUT2D eigenvalue weighted by Crippen LogP contribution is -2.41. The van der Waals surface area contributed by atoms with E-state index in [0.717, 1.165) is 25.9 Å². The van der Waals surface area contributed by atoms with Crippen LogP contribution in [-0.4, -0.2) is 41.6 Å². The Morgan fingerprint density at radius 3 is 2.58 bits per heavy atom. The number of hydrogen-bond donors (Lipinski definition) is 2. The zero-order valence-corrected chi connectivity index (χ0v) is 12.2. The number of carboxylic acids is 1. The number of carbonyl (C=O) groups is 2. The summed E-state index contributed by atoms with van der Waals surface area (Å²) in [4.78, 5) is 24.6. The molecule has 5 heteroatoms. The molecule has 0 aromatic carbocycles. The number of amides is 2. The summed E-state index contributed by atoms with van der Waals surface area (Å²) in [6.07, 6.45) is 2.00. The highest BCUT2D eigenvalue weighted by atomic mass is 16.4. The van der Waals surface area contributed by atoms with Crippen LogP contribution in [0.5, 0.6) is 0 Å². The van der Waals surface area contributed by atoms with Gasteiger partial charge in [-0.1, -0.05) is 20.8 Å². The predicted octanol–water partition coefficient (Wildman–Crippen LogP) is 2.17. The van der Waals surface area contributed by atoms with Crippen molar-refractivity contribution in [2.75, 3.05) is 19.6 Å². The summed E-state index contributed by atoms with van der Waals surface area (Å²) in [6.45, 7) is 8.34. The fourth-order valence-electron chi connectivity index (χ4n) is 2.62. The summed E-state index contributed by atoms with van der Waals surface area (Å²) in [5.41, 5.74) is 0. The molecule has 1 saturated heterocycles. The zero-order chi connectivity index (χ0) is 14.4. The minimum atomic E-state index is -0.797. The first-order valence-corrected chi connectivity index (χ1v) is 7.13. The summed E-state index contributed by atoms with van der Waals surface area (Å²) < 4.78 is 0. The molecule has 0 spiro atoms. The molecule has 5 nitrogen and oxygen atoms in total. The lowest BCUT2D eigenvalue weighted by atomic mass is 9.94. The molecule has 0 radical (unpaired) electrons. The molecule has 2 N–H and O–H groups in total. The van der Waals surface area contributed by atoms with Gasteiger partial charge < -0.3 is 15.3 Å². The van der Waals surface area contributed by atoms with E-state index in [4.69, 9.17) is 5.11 Å². The molecular weight excluding hydrogens is 244 g/mol. The third kappa shape index (κ3) is 5.94. The van der Waals surface area contributed by atoms with E-state index >= 15 is 0 Å². The Labute approximate surface area is 115 Å². The van der Waals surface area contributed by atoms with Crippen LogP contribution < -0.4 is 5.32 Å². The van der Waals surface area contributed by atoms with E-state index in [2.05, 4.69) is 26.1 Å².